The van der Waals surface area contributed by atoms with Gasteiger partial charge >= 0.3 is 0 Å². The number of hydrogen-bond acceptors (Lipinski definition) is 5. The molecule has 1 aromatic heterocycles. The van der Waals surface area contributed by atoms with Crippen LogP contribution >= 0.6 is 23.4 Å². The van der Waals surface area contributed by atoms with Crippen LogP contribution in [0.3, 0.4) is 0 Å². The number of nitrogens with zero attached hydrogens (tertiary/aromatic N) is 3. The van der Waals surface area contributed by atoms with Crippen molar-refractivity contribution >= 4 is 23.4 Å². The molecule has 0 saturated carbocycles. The van der Waals surface area contributed by atoms with Gasteiger partial charge in [-0.05, 0) is 49.6 Å². The zero-order chi connectivity index (χ0) is 19.9. The SMILES string of the molecule is Cc1ccc(C)c(OCCCSc2nnc(COc3ccccc3Cl)n2C)c1. The van der Waals surface area contributed by atoms with Crippen LogP contribution in [0.5, 0.6) is 11.5 Å². The number of ether oxygens (including phenoxy) is 2. The normalized spacial score (nSPS) is 10.9. The molecule has 0 amide bonds. The number of aryl methyl sites for hydroxylation is 2. The van der Waals surface area contributed by atoms with Crippen molar-refractivity contribution in [1.29, 1.82) is 0 Å². The van der Waals surface area contributed by atoms with Crippen molar-refractivity contribution in [3.63, 3.8) is 0 Å². The quantitative estimate of drug-likeness (QED) is 0.352. The molecule has 3 rings (SSSR count). The van der Waals surface area contributed by atoms with Crippen molar-refractivity contribution in [3.8, 4) is 11.5 Å². The molecule has 148 valence electrons. The van der Waals surface area contributed by atoms with Gasteiger partial charge in [-0.15, -0.1) is 10.2 Å². The summed E-state index contributed by atoms with van der Waals surface area (Å²) >= 11 is 7.78. The fourth-order valence-electron chi connectivity index (χ4n) is 2.57. The van der Waals surface area contributed by atoms with Gasteiger partial charge in [0, 0.05) is 12.8 Å². The second-order valence-electron chi connectivity index (χ2n) is 6.50. The molecule has 2 aromatic carbocycles. The predicted molar refractivity (Wildman–Crippen MR) is 114 cm³/mol. The van der Waals surface area contributed by atoms with Crippen LogP contribution in [0.4, 0.5) is 0 Å². The Hall–Kier alpha value is -2.18. The second-order valence-corrected chi connectivity index (χ2v) is 7.97. The van der Waals surface area contributed by atoms with Crippen molar-refractivity contribution < 1.29 is 9.47 Å². The summed E-state index contributed by atoms with van der Waals surface area (Å²) in [5, 5.41) is 9.93. The van der Waals surface area contributed by atoms with E-state index in [4.69, 9.17) is 21.1 Å². The summed E-state index contributed by atoms with van der Waals surface area (Å²) < 4.78 is 13.6. The minimum atomic E-state index is 0.323. The number of thioether (sulfide) groups is 1. The van der Waals surface area contributed by atoms with E-state index >= 15 is 0 Å². The molecule has 0 spiro atoms. The predicted octanol–water partition coefficient (Wildman–Crippen LogP) is 5.23. The standard InChI is InChI=1S/C21H24ClN3O2S/c1-15-9-10-16(2)19(13-15)26-11-6-12-28-21-24-23-20(25(21)3)14-27-18-8-5-4-7-17(18)22/h4-5,7-10,13H,6,11-12,14H2,1-3H3. The number of halogens is 1. The summed E-state index contributed by atoms with van der Waals surface area (Å²) in [4.78, 5) is 0. The molecular formula is C21H24ClN3O2S. The first-order chi connectivity index (χ1) is 13.5. The fourth-order valence-corrected chi connectivity index (χ4v) is 3.60. The van der Waals surface area contributed by atoms with Gasteiger partial charge in [0.1, 0.15) is 18.1 Å². The first kappa shape index (κ1) is 20.6. The molecule has 0 radical (unpaired) electrons. The Kier molecular flexibility index (Phi) is 7.23. The Morgan fingerprint density at radius 1 is 1.04 bits per heavy atom. The highest BCUT2D eigenvalue weighted by molar-refractivity contribution is 7.99. The maximum absolute atomic E-state index is 6.11. The molecule has 3 aromatic rings. The molecule has 1 heterocycles. The lowest BCUT2D eigenvalue weighted by molar-refractivity contribution is 0.290. The number of rotatable bonds is 9. The summed E-state index contributed by atoms with van der Waals surface area (Å²) in [6.45, 7) is 5.14. The summed E-state index contributed by atoms with van der Waals surface area (Å²) in [5.41, 5.74) is 2.37. The number of aromatic nitrogens is 3. The highest BCUT2D eigenvalue weighted by Crippen LogP contribution is 2.25. The zero-order valence-corrected chi connectivity index (χ0v) is 17.9. The molecule has 0 aliphatic heterocycles. The lowest BCUT2D eigenvalue weighted by Crippen LogP contribution is -2.05. The lowest BCUT2D eigenvalue weighted by Gasteiger charge is -2.10. The third-order valence-electron chi connectivity index (χ3n) is 4.24. The Morgan fingerprint density at radius 3 is 2.68 bits per heavy atom. The van der Waals surface area contributed by atoms with Gasteiger partial charge in [-0.1, -0.05) is 47.6 Å². The van der Waals surface area contributed by atoms with Crippen LogP contribution in [-0.2, 0) is 13.7 Å². The van der Waals surface area contributed by atoms with Crippen molar-refractivity contribution in [2.24, 2.45) is 7.05 Å². The molecule has 7 heteroatoms. The van der Waals surface area contributed by atoms with Crippen LogP contribution in [0.25, 0.3) is 0 Å². The first-order valence-electron chi connectivity index (χ1n) is 9.13. The Morgan fingerprint density at radius 2 is 1.86 bits per heavy atom. The fraction of sp³-hybridized carbons (Fsp3) is 0.333. The van der Waals surface area contributed by atoms with Crippen molar-refractivity contribution in [2.45, 2.75) is 32.0 Å². The van der Waals surface area contributed by atoms with Gasteiger partial charge in [0.05, 0.1) is 11.6 Å². The maximum Gasteiger partial charge on any atom is 0.191 e. The molecule has 0 bridgehead atoms. The Balaban J connectivity index is 1.44. The van der Waals surface area contributed by atoms with Crippen LogP contribution < -0.4 is 9.47 Å². The average molecular weight is 418 g/mol. The number of benzene rings is 2. The summed E-state index contributed by atoms with van der Waals surface area (Å²) in [5.74, 6) is 3.27. The van der Waals surface area contributed by atoms with E-state index in [2.05, 4.69) is 42.2 Å². The van der Waals surface area contributed by atoms with Crippen molar-refractivity contribution in [1.82, 2.24) is 14.8 Å². The highest BCUT2D eigenvalue weighted by Gasteiger charge is 2.11. The van der Waals surface area contributed by atoms with Crippen molar-refractivity contribution in [3.05, 3.63) is 64.4 Å². The van der Waals surface area contributed by atoms with E-state index in [9.17, 15) is 0 Å². The van der Waals surface area contributed by atoms with E-state index in [0.717, 1.165) is 34.5 Å². The smallest absolute Gasteiger partial charge is 0.191 e. The van der Waals surface area contributed by atoms with Gasteiger partial charge in [0.25, 0.3) is 0 Å². The van der Waals surface area contributed by atoms with Crippen LogP contribution in [0.15, 0.2) is 47.6 Å². The zero-order valence-electron chi connectivity index (χ0n) is 16.3. The third kappa shape index (κ3) is 5.42. The van der Waals surface area contributed by atoms with Crippen molar-refractivity contribution in [2.75, 3.05) is 12.4 Å². The van der Waals surface area contributed by atoms with Gasteiger partial charge < -0.3 is 14.0 Å². The topological polar surface area (TPSA) is 49.2 Å². The molecular weight excluding hydrogens is 394 g/mol. The molecule has 0 atom stereocenters. The maximum atomic E-state index is 6.11. The minimum Gasteiger partial charge on any atom is -0.493 e. The molecule has 0 N–H and O–H groups in total. The lowest BCUT2D eigenvalue weighted by atomic mass is 10.1. The molecule has 0 unspecified atom stereocenters. The third-order valence-corrected chi connectivity index (χ3v) is 5.66. The molecule has 0 aliphatic rings. The summed E-state index contributed by atoms with van der Waals surface area (Å²) in [7, 11) is 1.94. The van der Waals surface area contributed by atoms with E-state index < -0.39 is 0 Å². The second kappa shape index (κ2) is 9.85. The number of hydrogen-bond donors (Lipinski definition) is 0. The summed E-state index contributed by atoms with van der Waals surface area (Å²) in [6, 6.07) is 13.7. The van der Waals surface area contributed by atoms with Gasteiger partial charge in [-0.25, -0.2) is 0 Å². The van der Waals surface area contributed by atoms with E-state index in [0.29, 0.717) is 24.0 Å². The van der Waals surface area contributed by atoms with Crippen LogP contribution in [-0.4, -0.2) is 27.1 Å². The van der Waals surface area contributed by atoms with Gasteiger partial charge in [0.2, 0.25) is 0 Å². The molecule has 28 heavy (non-hydrogen) atoms. The molecule has 5 nitrogen and oxygen atoms in total. The first-order valence-corrected chi connectivity index (χ1v) is 10.5. The van der Waals surface area contributed by atoms with E-state index in [1.54, 1.807) is 17.8 Å². The molecule has 0 aliphatic carbocycles. The van der Waals surface area contributed by atoms with Gasteiger partial charge in [0.15, 0.2) is 11.0 Å². The average Bonchev–Trinajstić information content (AvgIpc) is 3.03. The Labute approximate surface area is 175 Å². The largest absolute Gasteiger partial charge is 0.493 e. The Bertz CT molecular complexity index is 930. The highest BCUT2D eigenvalue weighted by atomic mass is 35.5. The van der Waals surface area contributed by atoms with Crippen LogP contribution in [0.1, 0.15) is 23.4 Å². The van der Waals surface area contributed by atoms with Crippen LogP contribution in [0, 0.1) is 13.8 Å². The molecule has 0 fully saturated rings. The minimum absolute atomic E-state index is 0.323. The van der Waals surface area contributed by atoms with E-state index in [1.807, 2.05) is 29.8 Å². The van der Waals surface area contributed by atoms with E-state index in [1.165, 1.54) is 5.56 Å². The van der Waals surface area contributed by atoms with Gasteiger partial charge in [-0.3, -0.25) is 0 Å². The monoisotopic (exact) mass is 417 g/mol. The van der Waals surface area contributed by atoms with Gasteiger partial charge in [-0.2, -0.15) is 0 Å². The van der Waals surface area contributed by atoms with E-state index in [-0.39, 0.29) is 0 Å². The van der Waals surface area contributed by atoms with Crippen LogP contribution in [0.2, 0.25) is 5.02 Å². The molecule has 0 saturated heterocycles. The summed E-state index contributed by atoms with van der Waals surface area (Å²) in [6.07, 6.45) is 0.927. The number of para-hydroxylation sites is 1.